The fraction of sp³-hybridized carbons (Fsp3) is 0.571. The molecule has 0 spiro atoms. The molecule has 0 amide bonds. The Balaban J connectivity index is 2.05. The number of aromatic nitrogens is 1. The normalized spacial score (nSPS) is 21.2. The Hall–Kier alpha value is -1.68. The van der Waals surface area contributed by atoms with E-state index >= 15 is 0 Å². The van der Waals surface area contributed by atoms with Gasteiger partial charge in [0, 0.05) is 38.6 Å². The maximum absolute atomic E-state index is 10.3. The van der Waals surface area contributed by atoms with E-state index in [0.717, 1.165) is 19.8 Å². The molecule has 0 aromatic carbocycles. The first-order chi connectivity index (χ1) is 9.63. The minimum absolute atomic E-state index is 0.372. The van der Waals surface area contributed by atoms with Gasteiger partial charge in [0.2, 0.25) is 0 Å². The molecule has 108 valence electrons. The largest absolute Gasteiger partial charge is 0.495 e. The molecule has 20 heavy (non-hydrogen) atoms. The van der Waals surface area contributed by atoms with Crippen LogP contribution < -0.4 is 10.1 Å². The minimum Gasteiger partial charge on any atom is -0.495 e. The van der Waals surface area contributed by atoms with Crippen LogP contribution in [-0.4, -0.2) is 48.4 Å². The highest BCUT2D eigenvalue weighted by Crippen LogP contribution is 2.22. The molecule has 2 N–H and O–H groups in total. The van der Waals surface area contributed by atoms with Crippen molar-refractivity contribution in [3.05, 3.63) is 23.5 Å². The van der Waals surface area contributed by atoms with Gasteiger partial charge in [-0.1, -0.05) is 6.92 Å². The summed E-state index contributed by atoms with van der Waals surface area (Å²) in [6.45, 7) is 5.43. The van der Waals surface area contributed by atoms with E-state index < -0.39 is 6.10 Å². The molecule has 0 radical (unpaired) electrons. The predicted molar refractivity (Wildman–Crippen MR) is 74.1 cm³/mol. The van der Waals surface area contributed by atoms with E-state index in [-0.39, 0.29) is 0 Å². The van der Waals surface area contributed by atoms with Crippen LogP contribution in [0.4, 0.5) is 0 Å². The van der Waals surface area contributed by atoms with Crippen LogP contribution in [0.25, 0.3) is 0 Å². The third-order valence-electron chi connectivity index (χ3n) is 3.40. The van der Waals surface area contributed by atoms with Crippen LogP contribution in [0.15, 0.2) is 12.3 Å². The molecule has 1 aliphatic rings. The van der Waals surface area contributed by atoms with E-state index in [4.69, 9.17) is 10.00 Å². The van der Waals surface area contributed by atoms with Crippen LogP contribution in [0.2, 0.25) is 0 Å². The number of nitrogens with one attached hydrogen (secondary N) is 1. The fourth-order valence-corrected chi connectivity index (χ4v) is 2.40. The standard InChI is InChI=1S/C14H20N4O2/c1-10-5-16-9-18(7-10)8-13(19)12-3-14(20-2)11(4-15)6-17-12/h3,6,10,13,16,19H,5,7-9H2,1-2H3/t10?,13-/m0/s1. The van der Waals surface area contributed by atoms with Gasteiger partial charge in [-0.2, -0.15) is 5.26 Å². The van der Waals surface area contributed by atoms with E-state index in [0.29, 0.717) is 29.5 Å². The molecule has 0 saturated carbocycles. The Morgan fingerprint density at radius 1 is 1.70 bits per heavy atom. The molecule has 1 unspecified atom stereocenters. The van der Waals surface area contributed by atoms with Gasteiger partial charge in [-0.3, -0.25) is 9.88 Å². The number of rotatable bonds is 4. The second-order valence-corrected chi connectivity index (χ2v) is 5.19. The van der Waals surface area contributed by atoms with Crippen molar-refractivity contribution in [1.29, 1.82) is 5.26 Å². The first-order valence-corrected chi connectivity index (χ1v) is 6.69. The highest BCUT2D eigenvalue weighted by molar-refractivity contribution is 5.42. The van der Waals surface area contributed by atoms with E-state index in [9.17, 15) is 5.11 Å². The van der Waals surface area contributed by atoms with Gasteiger partial charge in [-0.15, -0.1) is 0 Å². The Morgan fingerprint density at radius 2 is 2.50 bits per heavy atom. The molecule has 0 aliphatic carbocycles. The number of methoxy groups -OCH3 is 1. The topological polar surface area (TPSA) is 81.4 Å². The number of nitriles is 1. The van der Waals surface area contributed by atoms with Gasteiger partial charge in [-0.25, -0.2) is 0 Å². The van der Waals surface area contributed by atoms with Crippen LogP contribution in [0.3, 0.4) is 0 Å². The molecule has 6 nitrogen and oxygen atoms in total. The highest BCUT2D eigenvalue weighted by atomic mass is 16.5. The lowest BCUT2D eigenvalue weighted by atomic mass is 10.1. The average Bonchev–Trinajstić information content (AvgIpc) is 2.46. The molecular formula is C14H20N4O2. The van der Waals surface area contributed by atoms with Crippen LogP contribution in [0.1, 0.15) is 24.3 Å². The molecule has 1 aromatic rings. The van der Waals surface area contributed by atoms with Gasteiger partial charge in [0.25, 0.3) is 0 Å². The predicted octanol–water partition coefficient (Wildman–Crippen LogP) is 0.494. The second-order valence-electron chi connectivity index (χ2n) is 5.19. The van der Waals surface area contributed by atoms with Gasteiger partial charge in [0.05, 0.1) is 12.8 Å². The number of pyridine rings is 1. The van der Waals surface area contributed by atoms with Crippen molar-refractivity contribution >= 4 is 0 Å². The summed E-state index contributed by atoms with van der Waals surface area (Å²) in [7, 11) is 1.50. The van der Waals surface area contributed by atoms with Gasteiger partial charge in [-0.05, 0) is 5.92 Å². The van der Waals surface area contributed by atoms with Crippen LogP contribution in [0.5, 0.6) is 5.75 Å². The summed E-state index contributed by atoms with van der Waals surface area (Å²) in [6.07, 6.45) is 0.748. The summed E-state index contributed by atoms with van der Waals surface area (Å²) in [5, 5.41) is 22.5. The molecule has 1 fully saturated rings. The fourth-order valence-electron chi connectivity index (χ4n) is 2.40. The summed E-state index contributed by atoms with van der Waals surface area (Å²) in [4.78, 5) is 6.30. The second kappa shape index (κ2) is 6.66. The van der Waals surface area contributed by atoms with Gasteiger partial charge in [0.1, 0.15) is 23.5 Å². The first-order valence-electron chi connectivity index (χ1n) is 6.69. The summed E-state index contributed by atoms with van der Waals surface area (Å²) in [6, 6.07) is 3.64. The summed E-state index contributed by atoms with van der Waals surface area (Å²) < 4.78 is 5.13. The van der Waals surface area contributed by atoms with Crippen LogP contribution in [0, 0.1) is 17.2 Å². The average molecular weight is 276 g/mol. The number of nitrogens with zero attached hydrogens (tertiary/aromatic N) is 3. The SMILES string of the molecule is COc1cc([C@@H](O)CN2CNCC(C)C2)ncc1C#N. The van der Waals surface area contributed by atoms with Gasteiger partial charge in [0.15, 0.2) is 0 Å². The molecule has 1 aliphatic heterocycles. The molecule has 2 heterocycles. The molecule has 2 rings (SSSR count). The number of β-amino-alcohol motifs (C(OH)–C–C–N with tert-alkyl or cyclic N) is 1. The third kappa shape index (κ3) is 3.45. The number of hydrogen-bond donors (Lipinski definition) is 2. The van der Waals surface area contributed by atoms with Gasteiger partial charge < -0.3 is 15.2 Å². The monoisotopic (exact) mass is 276 g/mol. The number of aliphatic hydroxyl groups excluding tert-OH is 1. The lowest BCUT2D eigenvalue weighted by Gasteiger charge is -2.32. The number of hydrogen-bond acceptors (Lipinski definition) is 6. The number of aliphatic hydroxyl groups is 1. The zero-order valence-corrected chi connectivity index (χ0v) is 11.8. The molecule has 1 saturated heterocycles. The van der Waals surface area contributed by atoms with Crippen molar-refractivity contribution in [2.24, 2.45) is 5.92 Å². The lowest BCUT2D eigenvalue weighted by Crippen LogP contribution is -2.47. The molecule has 0 bridgehead atoms. The third-order valence-corrected chi connectivity index (χ3v) is 3.40. The minimum atomic E-state index is -0.691. The zero-order valence-electron chi connectivity index (χ0n) is 11.8. The van der Waals surface area contributed by atoms with Crippen molar-refractivity contribution < 1.29 is 9.84 Å². The van der Waals surface area contributed by atoms with Crippen LogP contribution >= 0.6 is 0 Å². The van der Waals surface area contributed by atoms with E-state index in [1.54, 1.807) is 6.07 Å². The van der Waals surface area contributed by atoms with Crippen molar-refractivity contribution in [1.82, 2.24) is 15.2 Å². The Bertz CT molecular complexity index is 500. The van der Waals surface area contributed by atoms with Gasteiger partial charge >= 0.3 is 0 Å². The maximum Gasteiger partial charge on any atom is 0.140 e. The smallest absolute Gasteiger partial charge is 0.140 e. The number of ether oxygens (including phenoxy) is 1. The van der Waals surface area contributed by atoms with E-state index in [2.05, 4.69) is 22.1 Å². The highest BCUT2D eigenvalue weighted by Gasteiger charge is 2.20. The maximum atomic E-state index is 10.3. The zero-order chi connectivity index (χ0) is 14.5. The molecule has 1 aromatic heterocycles. The van der Waals surface area contributed by atoms with Crippen LogP contribution in [-0.2, 0) is 0 Å². The molecular weight excluding hydrogens is 256 g/mol. The summed E-state index contributed by atoms with van der Waals surface area (Å²) in [5.41, 5.74) is 0.899. The lowest BCUT2D eigenvalue weighted by molar-refractivity contribution is 0.0808. The van der Waals surface area contributed by atoms with Crippen molar-refractivity contribution in [2.75, 3.05) is 33.4 Å². The summed E-state index contributed by atoms with van der Waals surface area (Å²) >= 11 is 0. The van der Waals surface area contributed by atoms with Crippen molar-refractivity contribution in [3.63, 3.8) is 0 Å². The summed E-state index contributed by atoms with van der Waals surface area (Å²) in [5.74, 6) is 1.01. The quantitative estimate of drug-likeness (QED) is 0.833. The van der Waals surface area contributed by atoms with Crippen molar-refractivity contribution in [3.8, 4) is 11.8 Å². The van der Waals surface area contributed by atoms with Crippen molar-refractivity contribution in [2.45, 2.75) is 13.0 Å². The Kier molecular flexibility index (Phi) is 4.90. The Labute approximate surface area is 119 Å². The van der Waals surface area contributed by atoms with E-state index in [1.165, 1.54) is 13.3 Å². The Morgan fingerprint density at radius 3 is 3.15 bits per heavy atom. The van der Waals surface area contributed by atoms with E-state index in [1.807, 2.05) is 6.07 Å². The first kappa shape index (κ1) is 14.7. The molecule has 2 atom stereocenters. The molecule has 6 heteroatoms.